The first-order valence-electron chi connectivity index (χ1n) is 11.4. The summed E-state index contributed by atoms with van der Waals surface area (Å²) in [4.78, 5) is 13.4. The summed E-state index contributed by atoms with van der Waals surface area (Å²) in [5, 5.41) is 15.5. The topological polar surface area (TPSA) is 114 Å². The van der Waals surface area contributed by atoms with Crippen molar-refractivity contribution in [3.8, 4) is 0 Å². The third-order valence-corrected chi connectivity index (χ3v) is 9.12. The van der Waals surface area contributed by atoms with Crippen molar-refractivity contribution in [1.29, 1.82) is 0 Å². The maximum atomic E-state index is 14.4. The number of amides is 1. The third kappa shape index (κ3) is 4.52. The van der Waals surface area contributed by atoms with Gasteiger partial charge in [-0.05, 0) is 25.3 Å². The lowest BCUT2D eigenvalue weighted by Crippen LogP contribution is -2.51. The highest BCUT2D eigenvalue weighted by atomic mass is 32.2. The minimum absolute atomic E-state index is 0.0888. The summed E-state index contributed by atoms with van der Waals surface area (Å²) in [6.45, 7) is 0.833. The van der Waals surface area contributed by atoms with Crippen molar-refractivity contribution in [2.75, 3.05) is 6.61 Å². The largest absolute Gasteiger partial charge is 0.465 e. The lowest BCUT2D eigenvalue weighted by molar-refractivity contribution is -0.0602. The maximum absolute atomic E-state index is 14.4. The summed E-state index contributed by atoms with van der Waals surface area (Å²) in [6, 6.07) is -0.104. The number of aromatic nitrogens is 2. The molecule has 2 aromatic rings. The first kappa shape index (κ1) is 24.1. The quantitative estimate of drug-likeness (QED) is 0.590. The second kappa shape index (κ2) is 9.10. The number of hydrogen-bond acceptors (Lipinski definition) is 6. The van der Waals surface area contributed by atoms with E-state index < -0.39 is 51.0 Å². The van der Waals surface area contributed by atoms with Gasteiger partial charge in [-0.25, -0.2) is 26.4 Å². The van der Waals surface area contributed by atoms with Crippen LogP contribution >= 0.6 is 0 Å². The predicted octanol–water partition coefficient (Wildman–Crippen LogP) is 2.90. The minimum Gasteiger partial charge on any atom is -0.465 e. The van der Waals surface area contributed by atoms with Gasteiger partial charge in [-0.1, -0.05) is 12.8 Å². The number of carboxylic acid groups (broad SMARTS) is 1. The molecular weight excluding hydrogens is 489 g/mol. The molecule has 2 aliphatic heterocycles. The van der Waals surface area contributed by atoms with Crippen molar-refractivity contribution >= 4 is 16.1 Å². The number of carbonyl (C=O) groups is 1. The molecule has 1 aromatic heterocycles. The van der Waals surface area contributed by atoms with Gasteiger partial charge in [0, 0.05) is 42.5 Å². The molecule has 1 saturated carbocycles. The average molecular weight is 515 g/mol. The SMILES string of the molecule is O=C(O)N[C@H]1C[C@@H](N2Cc3cn(S(=O)(=O)C4CCCC4)nc3C2)CO[C@H]1c1cc(F)c(F)cc1F. The third-order valence-electron chi connectivity index (χ3n) is 7.10. The van der Waals surface area contributed by atoms with Gasteiger partial charge in [0.25, 0.3) is 10.0 Å². The zero-order valence-corrected chi connectivity index (χ0v) is 19.5. The predicted molar refractivity (Wildman–Crippen MR) is 116 cm³/mol. The molecule has 9 nitrogen and oxygen atoms in total. The molecule has 3 heterocycles. The number of rotatable bonds is 5. The van der Waals surface area contributed by atoms with E-state index in [1.165, 1.54) is 0 Å². The first-order chi connectivity index (χ1) is 16.6. The highest BCUT2D eigenvalue weighted by Crippen LogP contribution is 2.36. The van der Waals surface area contributed by atoms with E-state index in [0.29, 0.717) is 43.8 Å². The Bertz CT molecular complexity index is 1220. The van der Waals surface area contributed by atoms with Crippen LogP contribution in [0.1, 0.15) is 55.0 Å². The van der Waals surface area contributed by atoms with Crippen LogP contribution in [0.5, 0.6) is 0 Å². The molecule has 1 saturated heterocycles. The summed E-state index contributed by atoms with van der Waals surface area (Å²) < 4.78 is 74.0. The number of halogens is 3. The van der Waals surface area contributed by atoms with Gasteiger partial charge in [-0.3, -0.25) is 4.90 Å². The number of benzene rings is 1. The molecule has 1 amide bonds. The summed E-state index contributed by atoms with van der Waals surface area (Å²) >= 11 is 0. The fourth-order valence-electron chi connectivity index (χ4n) is 5.31. The molecule has 2 fully saturated rings. The molecule has 2 N–H and O–H groups in total. The van der Waals surface area contributed by atoms with Crippen LogP contribution in [0.25, 0.3) is 0 Å². The zero-order chi connectivity index (χ0) is 24.9. The zero-order valence-electron chi connectivity index (χ0n) is 18.7. The minimum atomic E-state index is -3.54. The van der Waals surface area contributed by atoms with Crippen LogP contribution in [-0.2, 0) is 27.8 Å². The molecule has 0 radical (unpaired) electrons. The molecule has 13 heteroatoms. The van der Waals surface area contributed by atoms with Crippen molar-refractivity contribution in [2.45, 2.75) is 68.6 Å². The summed E-state index contributed by atoms with van der Waals surface area (Å²) in [5.74, 6) is -3.62. The Morgan fingerprint density at radius 1 is 1.11 bits per heavy atom. The maximum Gasteiger partial charge on any atom is 0.404 e. The van der Waals surface area contributed by atoms with Crippen molar-refractivity contribution < 1.29 is 36.2 Å². The Balaban J connectivity index is 1.31. The Labute approximate surface area is 199 Å². The highest BCUT2D eigenvalue weighted by molar-refractivity contribution is 7.90. The smallest absolute Gasteiger partial charge is 0.404 e. The van der Waals surface area contributed by atoms with E-state index in [0.717, 1.165) is 22.5 Å². The van der Waals surface area contributed by atoms with Crippen molar-refractivity contribution in [2.24, 2.45) is 0 Å². The monoisotopic (exact) mass is 514 g/mol. The molecule has 1 aliphatic carbocycles. The standard InChI is InChI=1S/C22H25F3N4O5S/c23-16-7-18(25)17(24)6-15(16)21-19(26-22(30)31)5-13(11-34-21)28-8-12-9-29(27-20(12)10-28)35(32,33)14-3-1-2-4-14/h6-7,9,13-14,19,21,26H,1-5,8,10-11H2,(H,30,31)/t13-,19+,21+/m1/s1. The van der Waals surface area contributed by atoms with Gasteiger partial charge in [-0.15, -0.1) is 0 Å². The Morgan fingerprint density at radius 3 is 2.51 bits per heavy atom. The van der Waals surface area contributed by atoms with Gasteiger partial charge in [-0.2, -0.15) is 9.19 Å². The molecular formula is C22H25F3N4O5S. The second-order valence-electron chi connectivity index (χ2n) is 9.32. The van der Waals surface area contributed by atoms with Crippen LogP contribution in [0.2, 0.25) is 0 Å². The van der Waals surface area contributed by atoms with Gasteiger partial charge in [0.05, 0.1) is 23.6 Å². The fraction of sp³-hybridized carbons (Fsp3) is 0.545. The van der Waals surface area contributed by atoms with Gasteiger partial charge < -0.3 is 15.2 Å². The number of hydrogen-bond donors (Lipinski definition) is 2. The molecule has 0 unspecified atom stereocenters. The number of ether oxygens (including phenoxy) is 1. The van der Waals surface area contributed by atoms with E-state index in [1.807, 2.05) is 4.90 Å². The molecule has 0 spiro atoms. The molecule has 3 aliphatic rings. The second-order valence-corrected chi connectivity index (χ2v) is 11.4. The van der Waals surface area contributed by atoms with Crippen LogP contribution < -0.4 is 5.32 Å². The molecule has 1 aromatic carbocycles. The van der Waals surface area contributed by atoms with E-state index in [9.17, 15) is 31.5 Å². The Morgan fingerprint density at radius 2 is 1.83 bits per heavy atom. The lowest BCUT2D eigenvalue weighted by Gasteiger charge is -2.40. The average Bonchev–Trinajstić information content (AvgIpc) is 3.53. The molecule has 190 valence electrons. The van der Waals surface area contributed by atoms with Gasteiger partial charge >= 0.3 is 6.09 Å². The molecule has 0 bridgehead atoms. The molecule has 35 heavy (non-hydrogen) atoms. The number of nitrogens with one attached hydrogen (secondary N) is 1. The van der Waals surface area contributed by atoms with E-state index in [2.05, 4.69) is 10.4 Å². The summed E-state index contributed by atoms with van der Waals surface area (Å²) in [6.07, 6.45) is 2.32. The Hall–Kier alpha value is -2.64. The van der Waals surface area contributed by atoms with E-state index in [-0.39, 0.29) is 24.6 Å². The lowest BCUT2D eigenvalue weighted by atomic mass is 9.92. The van der Waals surface area contributed by atoms with E-state index >= 15 is 0 Å². The van der Waals surface area contributed by atoms with Gasteiger partial charge in [0.2, 0.25) is 0 Å². The van der Waals surface area contributed by atoms with Crippen LogP contribution in [0, 0.1) is 17.5 Å². The number of nitrogens with zero attached hydrogens (tertiary/aromatic N) is 3. The van der Waals surface area contributed by atoms with Crippen molar-refractivity contribution in [3.05, 3.63) is 52.6 Å². The van der Waals surface area contributed by atoms with Gasteiger partial charge in [0.1, 0.15) is 11.9 Å². The van der Waals surface area contributed by atoms with Gasteiger partial charge in [0.15, 0.2) is 11.6 Å². The van der Waals surface area contributed by atoms with Crippen LogP contribution in [0.15, 0.2) is 18.3 Å². The first-order valence-corrected chi connectivity index (χ1v) is 12.9. The molecule has 3 atom stereocenters. The Kier molecular flexibility index (Phi) is 6.26. The van der Waals surface area contributed by atoms with Crippen molar-refractivity contribution in [1.82, 2.24) is 19.4 Å². The molecule has 5 rings (SSSR count). The van der Waals surface area contributed by atoms with E-state index in [4.69, 9.17) is 4.74 Å². The van der Waals surface area contributed by atoms with Crippen molar-refractivity contribution in [3.63, 3.8) is 0 Å². The highest BCUT2D eigenvalue weighted by Gasteiger charge is 2.40. The van der Waals surface area contributed by atoms with Crippen LogP contribution in [0.3, 0.4) is 0 Å². The fourth-order valence-corrected chi connectivity index (χ4v) is 7.03. The summed E-state index contributed by atoms with van der Waals surface area (Å²) in [7, 11) is -3.54. The summed E-state index contributed by atoms with van der Waals surface area (Å²) in [5.41, 5.74) is 1.13. The van der Waals surface area contributed by atoms with E-state index in [1.54, 1.807) is 6.20 Å². The number of fused-ring (bicyclic) bond motifs is 1. The van der Waals surface area contributed by atoms with Crippen LogP contribution in [0.4, 0.5) is 18.0 Å². The normalized spacial score (nSPS) is 25.6. The van der Waals surface area contributed by atoms with Crippen LogP contribution in [-0.4, -0.2) is 57.6 Å².